The fourth-order valence-electron chi connectivity index (χ4n) is 3.68. The zero-order valence-corrected chi connectivity index (χ0v) is 15.3. The number of benzene rings is 1. The van der Waals surface area contributed by atoms with E-state index in [1.165, 1.54) is 6.07 Å². The van der Waals surface area contributed by atoms with Crippen molar-refractivity contribution in [1.82, 2.24) is 10.6 Å². The van der Waals surface area contributed by atoms with Crippen LogP contribution >= 0.6 is 0 Å². The van der Waals surface area contributed by atoms with E-state index in [4.69, 9.17) is 4.74 Å². The third-order valence-corrected chi connectivity index (χ3v) is 4.85. The number of rotatable bonds is 4. The molecule has 2 amide bonds. The van der Waals surface area contributed by atoms with Crippen LogP contribution in [-0.2, 0) is 16.0 Å². The average Bonchev–Trinajstić information content (AvgIpc) is 2.58. The van der Waals surface area contributed by atoms with Gasteiger partial charge in [-0.2, -0.15) is 0 Å². The van der Waals surface area contributed by atoms with Gasteiger partial charge in [0, 0.05) is 6.54 Å². The molecule has 1 aromatic rings. The quantitative estimate of drug-likeness (QED) is 0.808. The molecule has 0 aromatic heterocycles. The first-order valence-electron chi connectivity index (χ1n) is 8.93. The minimum Gasteiger partial charge on any atom is -0.463 e. The number of esters is 1. The number of amides is 2. The van der Waals surface area contributed by atoms with Crippen LogP contribution in [0.1, 0.15) is 31.4 Å². The molecule has 2 heterocycles. The Labute approximate surface area is 152 Å². The van der Waals surface area contributed by atoms with Crippen molar-refractivity contribution in [3.63, 3.8) is 0 Å². The van der Waals surface area contributed by atoms with E-state index >= 15 is 0 Å². The summed E-state index contributed by atoms with van der Waals surface area (Å²) in [5.74, 6) is -0.749. The lowest BCUT2D eigenvalue weighted by atomic mass is 9.95. The third-order valence-electron chi connectivity index (χ3n) is 4.85. The Kier molecular flexibility index (Phi) is 5.15. The van der Waals surface area contributed by atoms with Crippen molar-refractivity contribution in [3.05, 3.63) is 40.3 Å². The lowest BCUT2D eigenvalue weighted by molar-refractivity contribution is -0.139. The van der Waals surface area contributed by atoms with Gasteiger partial charge in [0.15, 0.2) is 0 Å². The van der Waals surface area contributed by atoms with Gasteiger partial charge in [-0.25, -0.2) is 14.0 Å². The van der Waals surface area contributed by atoms with Gasteiger partial charge in [-0.15, -0.1) is 0 Å². The molecular formula is C19H24FN3O3. The summed E-state index contributed by atoms with van der Waals surface area (Å²) in [5.41, 5.74) is 3.45. The second kappa shape index (κ2) is 7.35. The number of ether oxygens (including phenoxy) is 1. The first-order valence-corrected chi connectivity index (χ1v) is 8.93. The summed E-state index contributed by atoms with van der Waals surface area (Å²) in [5, 5.41) is 5.39. The van der Waals surface area contributed by atoms with Crippen LogP contribution in [0.3, 0.4) is 0 Å². The number of fused-ring (bicyclic) bond motifs is 1. The minimum atomic E-state index is -0.468. The van der Waals surface area contributed by atoms with Gasteiger partial charge in [0.1, 0.15) is 5.82 Å². The Morgan fingerprint density at radius 2 is 2.19 bits per heavy atom. The number of hydrogen-bond acceptors (Lipinski definition) is 4. The number of urea groups is 1. The number of hydrogen-bond donors (Lipinski definition) is 2. The first-order chi connectivity index (χ1) is 12.4. The predicted molar refractivity (Wildman–Crippen MR) is 96.5 cm³/mol. The molecule has 0 saturated heterocycles. The van der Waals surface area contributed by atoms with Crippen LogP contribution in [0, 0.1) is 12.7 Å². The first kappa shape index (κ1) is 18.2. The lowest BCUT2D eigenvalue weighted by Crippen LogP contribution is -2.51. The Morgan fingerprint density at radius 3 is 2.92 bits per heavy atom. The summed E-state index contributed by atoms with van der Waals surface area (Å²) in [7, 11) is 0. The van der Waals surface area contributed by atoms with Crippen molar-refractivity contribution in [2.24, 2.45) is 0 Å². The topological polar surface area (TPSA) is 70.7 Å². The summed E-state index contributed by atoms with van der Waals surface area (Å²) in [6.07, 6.45) is 1.71. The van der Waals surface area contributed by atoms with E-state index in [2.05, 4.69) is 10.6 Å². The highest BCUT2D eigenvalue weighted by molar-refractivity contribution is 5.95. The fraction of sp³-hybridized carbons (Fsp3) is 0.474. The third kappa shape index (κ3) is 3.38. The van der Waals surface area contributed by atoms with E-state index in [1.807, 2.05) is 11.8 Å². The molecule has 7 heteroatoms. The van der Waals surface area contributed by atoms with Crippen molar-refractivity contribution in [1.29, 1.82) is 0 Å². The summed E-state index contributed by atoms with van der Waals surface area (Å²) < 4.78 is 19.7. The molecule has 140 valence electrons. The second-order valence-corrected chi connectivity index (χ2v) is 6.65. The second-order valence-electron chi connectivity index (χ2n) is 6.65. The van der Waals surface area contributed by atoms with Gasteiger partial charge in [-0.05, 0) is 50.8 Å². The molecule has 0 aliphatic carbocycles. The molecule has 1 aromatic carbocycles. The number of anilines is 1. The molecule has 0 fully saturated rings. The van der Waals surface area contributed by atoms with Crippen LogP contribution in [0.4, 0.5) is 14.9 Å². The molecule has 1 unspecified atom stereocenters. The Bertz CT molecular complexity index is 776. The van der Waals surface area contributed by atoms with Crippen molar-refractivity contribution >= 4 is 17.7 Å². The van der Waals surface area contributed by atoms with Crippen LogP contribution in [0.5, 0.6) is 0 Å². The van der Waals surface area contributed by atoms with Crippen LogP contribution in [-0.4, -0.2) is 37.7 Å². The van der Waals surface area contributed by atoms with E-state index in [0.29, 0.717) is 23.5 Å². The van der Waals surface area contributed by atoms with Gasteiger partial charge in [0.25, 0.3) is 0 Å². The van der Waals surface area contributed by atoms with E-state index in [0.717, 1.165) is 24.0 Å². The summed E-state index contributed by atoms with van der Waals surface area (Å²) >= 11 is 0. The van der Waals surface area contributed by atoms with Crippen molar-refractivity contribution < 1.29 is 18.7 Å². The predicted octanol–water partition coefficient (Wildman–Crippen LogP) is 2.41. The molecule has 2 N–H and O–H groups in total. The van der Waals surface area contributed by atoms with Crippen LogP contribution in [0.15, 0.2) is 23.4 Å². The van der Waals surface area contributed by atoms with Crippen LogP contribution < -0.4 is 15.5 Å². The monoisotopic (exact) mass is 361 g/mol. The normalized spacial score (nSPS) is 19.6. The van der Waals surface area contributed by atoms with Gasteiger partial charge in [0.05, 0.1) is 36.2 Å². The zero-order chi connectivity index (χ0) is 18.8. The van der Waals surface area contributed by atoms with E-state index < -0.39 is 12.0 Å². The highest BCUT2D eigenvalue weighted by Crippen LogP contribution is 2.33. The zero-order valence-electron chi connectivity index (χ0n) is 15.3. The Morgan fingerprint density at radius 1 is 1.42 bits per heavy atom. The van der Waals surface area contributed by atoms with E-state index in [1.54, 1.807) is 19.9 Å². The summed E-state index contributed by atoms with van der Waals surface area (Å²) in [4.78, 5) is 26.2. The summed E-state index contributed by atoms with van der Waals surface area (Å²) in [6.45, 7) is 6.59. The largest absolute Gasteiger partial charge is 0.463 e. The summed E-state index contributed by atoms with van der Waals surface area (Å²) in [6, 6.07) is 2.42. The highest BCUT2D eigenvalue weighted by Gasteiger charge is 2.32. The molecule has 1 atom stereocenters. The van der Waals surface area contributed by atoms with Crippen LogP contribution in [0.25, 0.3) is 0 Å². The molecule has 0 spiro atoms. The maximum absolute atomic E-state index is 14.5. The SMILES string of the molecule is CCOC(=O)C1=C(CN2CCCc3c(C)ccc(F)c32)NC(=O)NC1C. The lowest BCUT2D eigenvalue weighted by Gasteiger charge is -2.35. The maximum Gasteiger partial charge on any atom is 0.337 e. The van der Waals surface area contributed by atoms with Gasteiger partial charge in [-0.3, -0.25) is 0 Å². The van der Waals surface area contributed by atoms with Crippen molar-refractivity contribution in [2.45, 2.75) is 39.7 Å². The number of halogens is 1. The van der Waals surface area contributed by atoms with Crippen molar-refractivity contribution in [2.75, 3.05) is 24.6 Å². The van der Waals surface area contributed by atoms with Crippen molar-refractivity contribution in [3.8, 4) is 0 Å². The van der Waals surface area contributed by atoms with Gasteiger partial charge in [0.2, 0.25) is 0 Å². The number of nitrogens with one attached hydrogen (secondary N) is 2. The number of nitrogens with zero attached hydrogens (tertiary/aromatic N) is 1. The molecule has 2 aliphatic heterocycles. The standard InChI is InChI=1S/C19H24FN3O3/c1-4-26-18(24)16-12(3)21-19(25)22-15(16)10-23-9-5-6-13-11(2)7-8-14(20)17(13)23/h7-8,12H,4-6,9-10H2,1-3H3,(H2,21,22,25). The molecule has 0 bridgehead atoms. The van der Waals surface area contributed by atoms with Gasteiger partial charge >= 0.3 is 12.0 Å². The maximum atomic E-state index is 14.5. The number of carbonyl (C=O) groups excluding carboxylic acids is 2. The van der Waals surface area contributed by atoms with E-state index in [-0.39, 0.29) is 25.0 Å². The van der Waals surface area contributed by atoms with Crippen LogP contribution in [0.2, 0.25) is 0 Å². The smallest absolute Gasteiger partial charge is 0.337 e. The molecular weight excluding hydrogens is 337 g/mol. The Balaban J connectivity index is 1.99. The van der Waals surface area contributed by atoms with Gasteiger partial charge in [-0.1, -0.05) is 6.07 Å². The number of aryl methyl sites for hydroxylation is 1. The molecule has 0 saturated carbocycles. The molecule has 3 rings (SSSR count). The Hall–Kier alpha value is -2.57. The minimum absolute atomic E-state index is 0.247. The highest BCUT2D eigenvalue weighted by atomic mass is 19.1. The molecule has 6 nitrogen and oxygen atoms in total. The average molecular weight is 361 g/mol. The molecule has 0 radical (unpaired) electrons. The number of carbonyl (C=O) groups is 2. The van der Waals surface area contributed by atoms with Gasteiger partial charge < -0.3 is 20.3 Å². The fourth-order valence-corrected chi connectivity index (χ4v) is 3.68. The molecule has 26 heavy (non-hydrogen) atoms. The van der Waals surface area contributed by atoms with E-state index in [9.17, 15) is 14.0 Å². The molecule has 2 aliphatic rings.